The maximum absolute atomic E-state index is 6.48. The fourth-order valence-corrected chi connectivity index (χ4v) is 8.68. The standard InChI is InChI=1S/C55H43NO/c1-38-34-46(44-20-13-21-45(35-44)47-36-51(43-18-9-4-10-19-43)55-52(37-47)50-22-11-12-23-54(50)57-55)28-33-53(38)56(48-29-24-41(25-30-48)39-14-5-2-6-15-39)49-31-26-42(27-32-49)40-16-7-3-8-17-40/h2-16,18-38,40,53H,17H2,1H3. The highest BCUT2D eigenvalue weighted by molar-refractivity contribution is 6.11. The predicted octanol–water partition coefficient (Wildman–Crippen LogP) is 15.0. The van der Waals surface area contributed by atoms with Gasteiger partial charge in [0.1, 0.15) is 11.2 Å². The van der Waals surface area contributed by atoms with Gasteiger partial charge < -0.3 is 9.32 Å². The monoisotopic (exact) mass is 733 g/mol. The number of hydrogen-bond acceptors (Lipinski definition) is 2. The predicted molar refractivity (Wildman–Crippen MR) is 241 cm³/mol. The summed E-state index contributed by atoms with van der Waals surface area (Å²) in [5.74, 6) is 0.662. The summed E-state index contributed by atoms with van der Waals surface area (Å²) in [6.07, 6.45) is 17.1. The van der Waals surface area contributed by atoms with E-state index in [4.69, 9.17) is 4.42 Å². The maximum Gasteiger partial charge on any atom is 0.143 e. The number of fused-ring (bicyclic) bond motifs is 3. The molecule has 0 bridgehead atoms. The molecule has 2 heteroatoms. The Morgan fingerprint density at radius 2 is 1.19 bits per heavy atom. The summed E-state index contributed by atoms with van der Waals surface area (Å²) >= 11 is 0. The van der Waals surface area contributed by atoms with Gasteiger partial charge in [-0.25, -0.2) is 0 Å². The fraction of sp³-hybridized carbons (Fsp3) is 0.0909. The van der Waals surface area contributed by atoms with Crippen LogP contribution in [0, 0.1) is 5.92 Å². The van der Waals surface area contributed by atoms with E-state index < -0.39 is 0 Å². The Bertz CT molecular complexity index is 2820. The van der Waals surface area contributed by atoms with E-state index in [2.05, 4.69) is 218 Å². The highest BCUT2D eigenvalue weighted by Gasteiger charge is 2.27. The van der Waals surface area contributed by atoms with Crippen molar-refractivity contribution >= 4 is 38.9 Å². The minimum atomic E-state index is 0.132. The molecule has 0 fully saturated rings. The minimum absolute atomic E-state index is 0.132. The SMILES string of the molecule is CC1C=C(c2cccc(-c3cc(-c4ccccc4)c4oc5ccccc5c4c3)c2)C=CC1N(c1ccc(-c2ccccc2)cc1)c1ccc(C2C=CC=CC2)cc1. The van der Waals surface area contributed by atoms with Crippen LogP contribution in [0.3, 0.4) is 0 Å². The molecule has 10 rings (SSSR count). The zero-order chi connectivity index (χ0) is 38.1. The van der Waals surface area contributed by atoms with Gasteiger partial charge in [-0.05, 0) is 105 Å². The van der Waals surface area contributed by atoms with E-state index in [1.54, 1.807) is 0 Å². The Morgan fingerprint density at radius 3 is 1.93 bits per heavy atom. The first-order valence-corrected chi connectivity index (χ1v) is 20.1. The first kappa shape index (κ1) is 34.6. The van der Waals surface area contributed by atoms with Crippen LogP contribution in [0.1, 0.15) is 30.4 Å². The average molecular weight is 734 g/mol. The second-order valence-electron chi connectivity index (χ2n) is 15.3. The van der Waals surface area contributed by atoms with Crippen molar-refractivity contribution in [3.8, 4) is 33.4 Å². The molecule has 0 N–H and O–H groups in total. The summed E-state index contributed by atoms with van der Waals surface area (Å²) in [4.78, 5) is 2.51. The Kier molecular flexibility index (Phi) is 9.08. The molecule has 7 aromatic carbocycles. The van der Waals surface area contributed by atoms with E-state index in [-0.39, 0.29) is 12.0 Å². The third-order valence-corrected chi connectivity index (χ3v) is 11.7. The summed E-state index contributed by atoms with van der Waals surface area (Å²) in [5.41, 5.74) is 15.1. The summed E-state index contributed by atoms with van der Waals surface area (Å²) < 4.78 is 6.48. The lowest BCUT2D eigenvalue weighted by atomic mass is 9.87. The number of benzene rings is 7. The van der Waals surface area contributed by atoms with Crippen molar-refractivity contribution in [2.24, 2.45) is 5.92 Å². The summed E-state index contributed by atoms with van der Waals surface area (Å²) in [6.45, 7) is 2.35. The smallest absolute Gasteiger partial charge is 0.143 e. The van der Waals surface area contributed by atoms with Crippen LogP contribution < -0.4 is 4.90 Å². The number of para-hydroxylation sites is 1. The topological polar surface area (TPSA) is 16.4 Å². The van der Waals surface area contributed by atoms with Gasteiger partial charge in [-0.15, -0.1) is 0 Å². The molecule has 1 heterocycles. The van der Waals surface area contributed by atoms with E-state index in [0.29, 0.717) is 5.92 Å². The van der Waals surface area contributed by atoms with Crippen molar-refractivity contribution in [1.82, 2.24) is 0 Å². The molecular weight excluding hydrogens is 691 g/mol. The Labute approximate surface area is 335 Å². The quantitative estimate of drug-likeness (QED) is 0.155. The van der Waals surface area contributed by atoms with E-state index >= 15 is 0 Å². The van der Waals surface area contributed by atoms with Crippen LogP contribution in [0.5, 0.6) is 0 Å². The summed E-state index contributed by atoms with van der Waals surface area (Å²) in [7, 11) is 0. The third-order valence-electron chi connectivity index (χ3n) is 11.7. The van der Waals surface area contributed by atoms with Crippen LogP contribution in [0.2, 0.25) is 0 Å². The molecule has 0 radical (unpaired) electrons. The van der Waals surface area contributed by atoms with Crippen molar-refractivity contribution in [2.75, 3.05) is 4.90 Å². The zero-order valence-corrected chi connectivity index (χ0v) is 32.0. The zero-order valence-electron chi connectivity index (χ0n) is 32.0. The van der Waals surface area contributed by atoms with Crippen LogP contribution in [0.4, 0.5) is 11.4 Å². The molecule has 2 aliphatic rings. The summed E-state index contributed by atoms with van der Waals surface area (Å²) in [6, 6.07) is 61.6. The molecule has 1 aromatic heterocycles. The molecule has 0 amide bonds. The maximum atomic E-state index is 6.48. The van der Waals surface area contributed by atoms with Gasteiger partial charge in [-0.1, -0.05) is 171 Å². The Morgan fingerprint density at radius 1 is 0.526 bits per heavy atom. The Hall–Kier alpha value is -6.90. The van der Waals surface area contributed by atoms with Gasteiger partial charge in [0.2, 0.25) is 0 Å². The lowest BCUT2D eigenvalue weighted by Gasteiger charge is -2.37. The van der Waals surface area contributed by atoms with Crippen LogP contribution in [-0.4, -0.2) is 6.04 Å². The van der Waals surface area contributed by atoms with E-state index in [1.165, 1.54) is 50.3 Å². The lowest BCUT2D eigenvalue weighted by Crippen LogP contribution is -2.35. The average Bonchev–Trinajstić information content (AvgIpc) is 3.67. The normalized spacial score (nSPS) is 17.6. The fourth-order valence-electron chi connectivity index (χ4n) is 8.68. The first-order chi connectivity index (χ1) is 28.2. The molecule has 57 heavy (non-hydrogen) atoms. The number of allylic oxidation sites excluding steroid dienone is 6. The largest absolute Gasteiger partial charge is 0.455 e. The third kappa shape index (κ3) is 6.74. The molecule has 8 aromatic rings. The number of rotatable bonds is 8. The lowest BCUT2D eigenvalue weighted by molar-refractivity contribution is 0.611. The molecular formula is C55H43NO. The highest BCUT2D eigenvalue weighted by Crippen LogP contribution is 2.41. The molecule has 3 atom stereocenters. The number of hydrogen-bond donors (Lipinski definition) is 0. The van der Waals surface area contributed by atoms with Gasteiger partial charge >= 0.3 is 0 Å². The molecule has 2 aliphatic carbocycles. The van der Waals surface area contributed by atoms with Gasteiger partial charge in [0.05, 0.1) is 6.04 Å². The van der Waals surface area contributed by atoms with E-state index in [0.717, 1.165) is 39.5 Å². The van der Waals surface area contributed by atoms with E-state index in [1.807, 2.05) is 6.07 Å². The Balaban J connectivity index is 0.992. The van der Waals surface area contributed by atoms with Crippen molar-refractivity contribution in [3.05, 3.63) is 224 Å². The van der Waals surface area contributed by atoms with Crippen molar-refractivity contribution in [2.45, 2.75) is 25.3 Å². The molecule has 274 valence electrons. The minimum Gasteiger partial charge on any atom is -0.455 e. The molecule has 0 spiro atoms. The van der Waals surface area contributed by atoms with Crippen LogP contribution in [0.15, 0.2) is 217 Å². The van der Waals surface area contributed by atoms with Crippen molar-refractivity contribution < 1.29 is 4.42 Å². The second kappa shape index (κ2) is 15.0. The van der Waals surface area contributed by atoms with Crippen molar-refractivity contribution in [1.29, 1.82) is 0 Å². The van der Waals surface area contributed by atoms with Crippen LogP contribution in [-0.2, 0) is 0 Å². The molecule has 3 unspecified atom stereocenters. The van der Waals surface area contributed by atoms with Crippen molar-refractivity contribution in [3.63, 3.8) is 0 Å². The van der Waals surface area contributed by atoms with Gasteiger partial charge in [0.15, 0.2) is 0 Å². The number of nitrogens with zero attached hydrogens (tertiary/aromatic N) is 1. The van der Waals surface area contributed by atoms with Gasteiger partial charge in [0, 0.05) is 33.6 Å². The van der Waals surface area contributed by atoms with Gasteiger partial charge in [-0.2, -0.15) is 0 Å². The second-order valence-corrected chi connectivity index (χ2v) is 15.3. The number of furan rings is 1. The van der Waals surface area contributed by atoms with Crippen LogP contribution >= 0.6 is 0 Å². The molecule has 0 aliphatic heterocycles. The van der Waals surface area contributed by atoms with Gasteiger partial charge in [0.25, 0.3) is 0 Å². The highest BCUT2D eigenvalue weighted by atomic mass is 16.3. The van der Waals surface area contributed by atoms with Gasteiger partial charge in [-0.3, -0.25) is 0 Å². The molecule has 0 saturated carbocycles. The summed E-state index contributed by atoms with van der Waals surface area (Å²) in [5, 5.41) is 2.27. The molecule has 0 saturated heterocycles. The van der Waals surface area contributed by atoms with Crippen LogP contribution in [0.25, 0.3) is 60.9 Å². The number of anilines is 2. The molecule has 2 nitrogen and oxygen atoms in total. The van der Waals surface area contributed by atoms with E-state index in [9.17, 15) is 0 Å². The first-order valence-electron chi connectivity index (χ1n) is 20.1.